The Kier molecular flexibility index (Phi) is 26.4. The van der Waals surface area contributed by atoms with Crippen LogP contribution < -0.4 is 69.5 Å². The second-order valence-electron chi connectivity index (χ2n) is 25.2. The fourth-order valence-electron chi connectivity index (χ4n) is 11.2. The number of H-pyrrole nitrogens is 3. The lowest BCUT2D eigenvalue weighted by molar-refractivity contribution is -0.137. The molecule has 97 heavy (non-hydrogen) atoms. The molecular weight excluding hydrogens is 1250 g/mol. The van der Waals surface area contributed by atoms with E-state index in [1.807, 2.05) is 0 Å². The molecule has 0 aliphatic carbocycles. The standard InChI is InChI=1S/C67H90N16O14/c1-9-35(6)56-66(96)72-30-54(86)75-48(23-38-27-69-44-19-13-10-16-41(38)44)60(90)79-51(26-68)63(93)78-47(22-33(2)3)59(89)73-36(7)57(87)76-49(24-39-28-70-45-20-14-11-17-42(39)45)61(91)80-52(31-84)64(94)82-55(34(4)5)67(97)74-37(8)58(88)77-50(62(92)81-53(32-85)65(95)83-56)25-40-29-71-46-21-15-12-18-43(40)46/h10-21,27-29,33-37,47-53,55-56,69-71,84-85H,9,22-26,30-32,68H2,1-8H3,(H,72,96)(H,73,89)(H,74,97)(H,75,86)(H,76,87)(H,77,88)(H,78,93)(H,79,90)(H,80,91)(H,81,92)(H,82,94)(H,83,95)/t35-,36+,37+,47-,48-,49-,50-,51-,52-,53-,55-,56-/m0/s1. The maximum atomic E-state index is 14.5. The number of aromatic nitrogens is 3. The number of carbonyl (C=O) groups excluding carboxylic acids is 12. The van der Waals surface area contributed by atoms with Gasteiger partial charge in [0.2, 0.25) is 70.9 Å². The highest BCUT2D eigenvalue weighted by atomic mass is 16.3. The number of aliphatic hydroxyl groups excluding tert-OH is 2. The minimum absolute atomic E-state index is 0.0136. The summed E-state index contributed by atoms with van der Waals surface area (Å²) in [4.78, 5) is 180. The number of fused-ring (bicyclic) bond motifs is 3. The fraction of sp³-hybridized carbons (Fsp3) is 0.463. The van der Waals surface area contributed by atoms with Crippen LogP contribution in [0.2, 0.25) is 0 Å². The van der Waals surface area contributed by atoms with Gasteiger partial charge in [-0.3, -0.25) is 57.5 Å². The van der Waals surface area contributed by atoms with Crippen LogP contribution in [0.4, 0.5) is 0 Å². The largest absolute Gasteiger partial charge is 0.394 e. The van der Waals surface area contributed by atoms with Crippen LogP contribution >= 0.6 is 0 Å². The molecule has 0 unspecified atom stereocenters. The van der Waals surface area contributed by atoms with Gasteiger partial charge in [0.05, 0.1) is 19.8 Å². The van der Waals surface area contributed by atoms with Crippen LogP contribution in [0.5, 0.6) is 0 Å². The first-order valence-electron chi connectivity index (χ1n) is 32.4. The van der Waals surface area contributed by atoms with Crippen molar-refractivity contribution in [2.24, 2.45) is 23.5 Å². The number of rotatable bonds is 14. The number of hydrogen-bond donors (Lipinski definition) is 18. The van der Waals surface area contributed by atoms with Gasteiger partial charge in [-0.2, -0.15) is 0 Å². The number of hydrogen-bond acceptors (Lipinski definition) is 15. The third-order valence-electron chi connectivity index (χ3n) is 17.0. The highest BCUT2D eigenvalue weighted by Crippen LogP contribution is 2.23. The van der Waals surface area contributed by atoms with E-state index >= 15 is 0 Å². The number of carbonyl (C=O) groups is 12. The van der Waals surface area contributed by atoms with Gasteiger partial charge in [-0.25, -0.2) is 0 Å². The van der Waals surface area contributed by atoms with Crippen LogP contribution in [0.25, 0.3) is 32.7 Å². The molecule has 3 aromatic carbocycles. The summed E-state index contributed by atoms with van der Waals surface area (Å²) in [5, 5.41) is 54.2. The summed E-state index contributed by atoms with van der Waals surface area (Å²) in [6.07, 6.45) is 4.64. The topological polar surface area (TPSA) is 463 Å². The van der Waals surface area contributed by atoms with Crippen molar-refractivity contribution in [2.45, 2.75) is 154 Å². The lowest BCUT2D eigenvalue weighted by Crippen LogP contribution is -2.62. The molecule has 3 aromatic heterocycles. The molecule has 30 nitrogen and oxygen atoms in total. The minimum Gasteiger partial charge on any atom is -0.394 e. The molecule has 19 N–H and O–H groups in total. The zero-order valence-electron chi connectivity index (χ0n) is 55.5. The van der Waals surface area contributed by atoms with Gasteiger partial charge in [0.1, 0.15) is 66.5 Å². The van der Waals surface area contributed by atoms with Gasteiger partial charge in [-0.1, -0.05) is 103 Å². The maximum absolute atomic E-state index is 14.5. The van der Waals surface area contributed by atoms with Crippen molar-refractivity contribution in [1.29, 1.82) is 0 Å². The molecule has 0 spiro atoms. The van der Waals surface area contributed by atoms with Gasteiger partial charge in [-0.15, -0.1) is 0 Å². The quantitative estimate of drug-likeness (QED) is 0.0581. The summed E-state index contributed by atoms with van der Waals surface area (Å²) in [6, 6.07) is 5.00. The summed E-state index contributed by atoms with van der Waals surface area (Å²) in [7, 11) is 0. The Labute approximate surface area is 559 Å². The van der Waals surface area contributed by atoms with Gasteiger partial charge in [0.15, 0.2) is 0 Å². The van der Waals surface area contributed by atoms with Crippen LogP contribution in [-0.4, -0.2) is 189 Å². The van der Waals surface area contributed by atoms with E-state index in [-0.39, 0.29) is 31.6 Å². The molecule has 1 fully saturated rings. The Hall–Kier alpha value is -10.2. The number of aromatic amines is 3. The molecule has 0 radical (unpaired) electrons. The summed E-state index contributed by atoms with van der Waals surface area (Å²) in [6.45, 7) is 9.46. The van der Waals surface area contributed by atoms with Crippen molar-refractivity contribution in [1.82, 2.24) is 78.8 Å². The number of aliphatic hydroxyl groups is 2. The Morgan fingerprint density at radius 2 is 0.763 bits per heavy atom. The Bertz CT molecular complexity index is 3820. The zero-order valence-corrected chi connectivity index (χ0v) is 55.5. The van der Waals surface area contributed by atoms with Crippen molar-refractivity contribution in [3.8, 4) is 0 Å². The minimum atomic E-state index is -1.74. The average Bonchev–Trinajstić information content (AvgIpc) is 1.72. The normalized spacial score (nSPS) is 24.8. The van der Waals surface area contributed by atoms with Gasteiger partial charge < -0.3 is 94.7 Å². The van der Waals surface area contributed by atoms with Crippen molar-refractivity contribution < 1.29 is 67.7 Å². The monoisotopic (exact) mass is 1340 g/mol. The highest BCUT2D eigenvalue weighted by molar-refractivity contribution is 6.01. The second kappa shape index (κ2) is 34.5. The molecule has 1 aliphatic heterocycles. The lowest BCUT2D eigenvalue weighted by Gasteiger charge is -2.28. The van der Waals surface area contributed by atoms with Gasteiger partial charge in [-0.05, 0) is 72.9 Å². The number of amides is 12. The van der Waals surface area contributed by atoms with Crippen molar-refractivity contribution >= 4 is 104 Å². The lowest BCUT2D eigenvalue weighted by atomic mass is 9.97. The van der Waals surface area contributed by atoms with Crippen LogP contribution in [-0.2, 0) is 76.8 Å². The van der Waals surface area contributed by atoms with Gasteiger partial charge >= 0.3 is 0 Å². The van der Waals surface area contributed by atoms with E-state index < -0.39 is 175 Å². The SMILES string of the molecule is CC[C@H](C)[C@@H]1NC(=O)[C@H](CO)NC(=O)[C@H](Cc2c[nH]c3ccccc23)NC(=O)[C@@H](C)NC(=O)[C@H](C(C)C)NC(=O)[C@H](CO)NC(=O)[C@H](Cc2c[nH]c3ccccc23)NC(=O)[C@@H](C)NC(=O)[C@H](CC(C)C)NC(=O)[C@H](CN)NC(=O)[C@H](Cc2c[nH]c3ccccc23)NC(=O)CNC1=O. The predicted molar refractivity (Wildman–Crippen MR) is 359 cm³/mol. The molecule has 1 saturated heterocycles. The van der Waals surface area contributed by atoms with Gasteiger partial charge in [0.25, 0.3) is 0 Å². The molecule has 522 valence electrons. The van der Waals surface area contributed by atoms with Gasteiger partial charge in [0, 0.05) is 77.1 Å². The van der Waals surface area contributed by atoms with Crippen LogP contribution in [0.15, 0.2) is 91.4 Å². The van der Waals surface area contributed by atoms with Crippen LogP contribution in [0.3, 0.4) is 0 Å². The van der Waals surface area contributed by atoms with E-state index in [4.69, 9.17) is 5.73 Å². The molecule has 6 aromatic rings. The molecule has 7 rings (SSSR count). The zero-order chi connectivity index (χ0) is 70.8. The Balaban J connectivity index is 1.21. The first-order valence-corrected chi connectivity index (χ1v) is 32.4. The maximum Gasteiger partial charge on any atom is 0.245 e. The summed E-state index contributed by atoms with van der Waals surface area (Å²) < 4.78 is 0. The van der Waals surface area contributed by atoms with Crippen molar-refractivity contribution in [3.63, 3.8) is 0 Å². The number of nitrogens with two attached hydrogens (primary N) is 1. The summed E-state index contributed by atoms with van der Waals surface area (Å²) in [5.74, 6) is -12.6. The van der Waals surface area contributed by atoms with E-state index in [1.54, 1.807) is 133 Å². The van der Waals surface area contributed by atoms with E-state index in [0.29, 0.717) is 55.8 Å². The number of para-hydroxylation sites is 3. The van der Waals surface area contributed by atoms with E-state index in [1.165, 1.54) is 13.8 Å². The Morgan fingerprint density at radius 1 is 0.412 bits per heavy atom. The Morgan fingerprint density at radius 3 is 1.16 bits per heavy atom. The smallest absolute Gasteiger partial charge is 0.245 e. The molecule has 30 heteroatoms. The molecular formula is C67H90N16O14. The van der Waals surface area contributed by atoms with Crippen LogP contribution in [0.1, 0.15) is 84.9 Å². The number of nitrogens with one attached hydrogen (secondary N) is 15. The second-order valence-corrected chi connectivity index (χ2v) is 25.2. The van der Waals surface area contributed by atoms with Crippen LogP contribution in [0, 0.1) is 17.8 Å². The highest BCUT2D eigenvalue weighted by Gasteiger charge is 2.38. The summed E-state index contributed by atoms with van der Waals surface area (Å²) >= 11 is 0. The van der Waals surface area contributed by atoms with Crippen molar-refractivity contribution in [2.75, 3.05) is 26.3 Å². The number of benzene rings is 3. The average molecular weight is 1340 g/mol. The molecule has 12 atom stereocenters. The summed E-state index contributed by atoms with van der Waals surface area (Å²) in [5.41, 5.74) is 9.89. The van der Waals surface area contributed by atoms with E-state index in [0.717, 1.165) is 0 Å². The molecule has 12 amide bonds. The molecule has 0 bridgehead atoms. The molecule has 0 saturated carbocycles. The first-order chi connectivity index (χ1) is 46.2. The molecule has 1 aliphatic rings. The first kappa shape index (κ1) is 74.2. The fourth-order valence-corrected chi connectivity index (χ4v) is 11.2. The van der Waals surface area contributed by atoms with E-state index in [2.05, 4.69) is 78.8 Å². The van der Waals surface area contributed by atoms with Crippen molar-refractivity contribution in [3.05, 3.63) is 108 Å². The molecule has 4 heterocycles. The van der Waals surface area contributed by atoms with E-state index in [9.17, 15) is 67.7 Å². The third-order valence-corrected chi connectivity index (χ3v) is 17.0. The third kappa shape index (κ3) is 19.7. The predicted octanol–water partition coefficient (Wildman–Crippen LogP) is -1.65.